The van der Waals surface area contributed by atoms with Gasteiger partial charge in [-0.1, -0.05) is 109 Å². The molecule has 29 nitrogen and oxygen atoms in total. The average Bonchev–Trinajstić information content (AvgIpc) is 1.30. The second-order valence-corrected chi connectivity index (χ2v) is 25.6. The van der Waals surface area contributed by atoms with Crippen molar-refractivity contribution in [2.45, 2.75) is 179 Å². The fourth-order valence-electron chi connectivity index (χ4n) is 11.6. The summed E-state index contributed by atoms with van der Waals surface area (Å²) in [5, 5.41) is 34.9. The van der Waals surface area contributed by atoms with Crippen LogP contribution in [0.15, 0.2) is 101 Å². The minimum atomic E-state index is -1.46. The van der Waals surface area contributed by atoms with Crippen molar-refractivity contribution in [2.24, 2.45) is 62.1 Å². The molecular weight excluding hydrogens is 1250 g/mol. The molecule has 0 saturated carbocycles. The van der Waals surface area contributed by atoms with E-state index in [2.05, 4.69) is 67.5 Å². The Morgan fingerprint density at radius 1 is 0.439 bits per heavy atom. The molecule has 0 aliphatic heterocycles. The molecule has 0 bridgehead atoms. The number of aromatic nitrogens is 3. The first-order valence-corrected chi connectivity index (χ1v) is 33.7. The number of guanidine groups is 2. The molecular formula is C69H101N19O10. The van der Waals surface area contributed by atoms with Crippen LogP contribution in [0.25, 0.3) is 32.7 Å². The zero-order chi connectivity index (χ0) is 71.6. The normalized spacial score (nSPS) is 14.8. The summed E-state index contributed by atoms with van der Waals surface area (Å²) < 4.78 is 0. The Morgan fingerprint density at radius 3 is 1.14 bits per heavy atom. The van der Waals surface area contributed by atoms with Crippen molar-refractivity contribution in [3.05, 3.63) is 108 Å². The van der Waals surface area contributed by atoms with Crippen LogP contribution < -0.4 is 76.9 Å². The number of fused-ring (bicyclic) bond motifs is 3. The van der Waals surface area contributed by atoms with Crippen LogP contribution in [0.1, 0.15) is 122 Å². The number of aliphatic carboxylic acids is 1. The largest absolute Gasteiger partial charge is 0.480 e. The number of amides is 8. The SMILES string of the molecule is CC[C@H](C)[C@H](NC(=O)[C@H](CCCN=C(N)N)NC(=O)[C@H](CCCCN)NC(=O)[C@@H](NC(=O)[C@H](Cc1c[nH]c2ccccc12)NC(=O)[C@H](Cc1c[nH]c2ccccc12)NC(=O)[C@H](Cc1c[nH]c2ccccc12)NC(=O)[C@H](CCCN=C(N)N)NC(=O)[C@@H](N)CC(C)C)[C@@H](C)CC)C(=O)O. The zero-order valence-electron chi connectivity index (χ0n) is 56.9. The van der Waals surface area contributed by atoms with Crippen molar-refractivity contribution in [2.75, 3.05) is 19.6 Å². The van der Waals surface area contributed by atoms with Crippen LogP contribution in [0.5, 0.6) is 0 Å². The average molecular weight is 1360 g/mol. The minimum Gasteiger partial charge on any atom is -0.480 e. The predicted octanol–water partition coefficient (Wildman–Crippen LogP) is 1.82. The standard InChI is InChI=1S/C69H101N19O10/c1-7-39(5)57(66(96)83-51(25-15-16-28-70)60(90)82-53(27-18-30-77-69(74)75)62(92)88-58(67(97)98)40(6)8-2)87-65(95)56(34-43-37-80-50-24-14-11-21-46(43)50)86-64(94)55(33-42-36-79-49-23-13-10-20-45(42)49)85-63(93)54(32-41-35-78-48-22-12-9-19-44(41)48)84-61(91)52(26-17-29-76-68(72)73)81-59(89)47(71)31-38(3)4/h9-14,19-24,35-40,47,51-58,78-80H,7-8,15-18,25-34,70-71H2,1-6H3,(H,81,89)(H,82,90)(H,83,96)(H,84,91)(H,85,93)(H,86,94)(H,87,95)(H,88,92)(H,97,98)(H4,72,73,76)(H4,74,75,77)/t39-,40-,47-,51-,52-,53-,54-,55-,56-,57-,58-/m0/s1. The number of para-hydroxylation sites is 3. The first-order chi connectivity index (χ1) is 46.8. The van der Waals surface area contributed by atoms with Gasteiger partial charge in [-0.05, 0) is 111 Å². The molecule has 532 valence electrons. The van der Waals surface area contributed by atoms with Gasteiger partial charge in [-0.3, -0.25) is 48.3 Å². The number of rotatable bonds is 41. The maximum absolute atomic E-state index is 15.6. The Labute approximate surface area is 570 Å². The summed E-state index contributed by atoms with van der Waals surface area (Å²) in [5.74, 6) is -8.69. The van der Waals surface area contributed by atoms with Gasteiger partial charge < -0.3 is 97.0 Å². The zero-order valence-corrected chi connectivity index (χ0v) is 56.9. The van der Waals surface area contributed by atoms with Crippen molar-refractivity contribution in [1.29, 1.82) is 0 Å². The number of hydrogen-bond donors (Lipinski definition) is 18. The van der Waals surface area contributed by atoms with E-state index in [0.717, 1.165) is 32.7 Å². The summed E-state index contributed by atoms with van der Waals surface area (Å²) in [6.07, 6.45) is 7.15. The van der Waals surface area contributed by atoms with E-state index >= 15 is 14.4 Å². The van der Waals surface area contributed by atoms with Gasteiger partial charge in [0.15, 0.2) is 11.9 Å². The summed E-state index contributed by atoms with van der Waals surface area (Å²) in [6, 6.07) is 10.4. The summed E-state index contributed by atoms with van der Waals surface area (Å²) in [4.78, 5) is 148. The van der Waals surface area contributed by atoms with Crippen molar-refractivity contribution < 1.29 is 48.3 Å². The Kier molecular flexibility index (Phi) is 29.9. The van der Waals surface area contributed by atoms with Crippen LogP contribution in [0.2, 0.25) is 0 Å². The number of aromatic amines is 3. The molecule has 0 aliphatic rings. The van der Waals surface area contributed by atoms with Gasteiger partial charge in [-0.25, -0.2) is 4.79 Å². The van der Waals surface area contributed by atoms with Gasteiger partial charge in [0, 0.05) is 83.7 Å². The van der Waals surface area contributed by atoms with Crippen LogP contribution in [0, 0.1) is 17.8 Å². The van der Waals surface area contributed by atoms with Crippen molar-refractivity contribution in [3.63, 3.8) is 0 Å². The van der Waals surface area contributed by atoms with E-state index in [4.69, 9.17) is 34.4 Å². The molecule has 24 N–H and O–H groups in total. The summed E-state index contributed by atoms with van der Waals surface area (Å²) >= 11 is 0. The number of unbranched alkanes of at least 4 members (excludes halogenated alkanes) is 1. The van der Waals surface area contributed by atoms with Gasteiger partial charge in [0.05, 0.1) is 6.04 Å². The van der Waals surface area contributed by atoms with Gasteiger partial charge in [0.1, 0.15) is 48.3 Å². The van der Waals surface area contributed by atoms with Crippen molar-refractivity contribution >= 4 is 97.9 Å². The van der Waals surface area contributed by atoms with Crippen molar-refractivity contribution in [1.82, 2.24) is 57.5 Å². The molecule has 0 unspecified atom stereocenters. The number of nitrogens with one attached hydrogen (secondary N) is 11. The van der Waals surface area contributed by atoms with Crippen LogP contribution in [0.3, 0.4) is 0 Å². The highest BCUT2D eigenvalue weighted by Gasteiger charge is 2.38. The van der Waals surface area contributed by atoms with Crippen LogP contribution in [-0.4, -0.2) is 159 Å². The summed E-state index contributed by atoms with van der Waals surface area (Å²) in [6.45, 7) is 11.3. The fourth-order valence-corrected chi connectivity index (χ4v) is 11.6. The number of carboxylic acids is 1. The lowest BCUT2D eigenvalue weighted by Crippen LogP contribution is -2.62. The second kappa shape index (κ2) is 38.1. The molecule has 0 saturated heterocycles. The number of carbonyl (C=O) groups is 9. The highest BCUT2D eigenvalue weighted by atomic mass is 16.4. The maximum Gasteiger partial charge on any atom is 0.326 e. The predicted molar refractivity (Wildman–Crippen MR) is 378 cm³/mol. The lowest BCUT2D eigenvalue weighted by atomic mass is 9.96. The molecule has 8 amide bonds. The molecule has 3 aromatic heterocycles. The molecule has 3 heterocycles. The molecule has 11 atom stereocenters. The first-order valence-electron chi connectivity index (χ1n) is 33.7. The number of nitrogens with two attached hydrogens (primary N) is 6. The first kappa shape index (κ1) is 77.0. The molecule has 6 rings (SSSR count). The van der Waals surface area contributed by atoms with E-state index < -0.39 is 119 Å². The lowest BCUT2D eigenvalue weighted by Gasteiger charge is -2.30. The van der Waals surface area contributed by atoms with Crippen LogP contribution in [-0.2, 0) is 62.4 Å². The van der Waals surface area contributed by atoms with E-state index in [-0.39, 0.29) is 88.8 Å². The van der Waals surface area contributed by atoms with E-state index in [9.17, 15) is 33.9 Å². The summed E-state index contributed by atoms with van der Waals surface area (Å²) in [7, 11) is 0. The Morgan fingerprint density at radius 2 is 0.765 bits per heavy atom. The summed E-state index contributed by atoms with van der Waals surface area (Å²) in [5.41, 5.74) is 38.6. The van der Waals surface area contributed by atoms with Gasteiger partial charge in [0.25, 0.3) is 0 Å². The number of hydrogen-bond acceptors (Lipinski definition) is 13. The Balaban J connectivity index is 1.36. The molecule has 0 aliphatic carbocycles. The van der Waals surface area contributed by atoms with Gasteiger partial charge in [-0.2, -0.15) is 0 Å². The molecule has 3 aromatic carbocycles. The quantitative estimate of drug-likeness (QED) is 0.0148. The highest BCUT2D eigenvalue weighted by molar-refractivity contribution is 5.99. The molecule has 98 heavy (non-hydrogen) atoms. The van der Waals surface area contributed by atoms with E-state index in [0.29, 0.717) is 48.8 Å². The lowest BCUT2D eigenvalue weighted by molar-refractivity contribution is -0.144. The number of nitrogens with zero attached hydrogens (tertiary/aromatic N) is 2. The number of benzene rings is 3. The van der Waals surface area contributed by atoms with Gasteiger partial charge >= 0.3 is 5.97 Å². The van der Waals surface area contributed by atoms with Gasteiger partial charge in [-0.15, -0.1) is 0 Å². The number of aliphatic imine (C=N–C) groups is 2. The van der Waals surface area contributed by atoms with E-state index in [1.54, 1.807) is 39.4 Å². The smallest absolute Gasteiger partial charge is 0.326 e. The molecule has 6 aromatic rings. The molecule has 29 heteroatoms. The van der Waals surface area contributed by atoms with E-state index in [1.165, 1.54) is 0 Å². The highest BCUT2D eigenvalue weighted by Crippen LogP contribution is 2.24. The monoisotopic (exact) mass is 1360 g/mol. The van der Waals surface area contributed by atoms with E-state index in [1.807, 2.05) is 93.6 Å². The third-order valence-electron chi connectivity index (χ3n) is 17.6. The fraction of sp³-hybridized carbons (Fsp3) is 0.493. The number of carboxylic acid groups (broad SMARTS) is 1. The van der Waals surface area contributed by atoms with Gasteiger partial charge in [0.2, 0.25) is 47.3 Å². The van der Waals surface area contributed by atoms with Crippen molar-refractivity contribution in [3.8, 4) is 0 Å². The van der Waals surface area contributed by atoms with Crippen LogP contribution in [0.4, 0.5) is 0 Å². The topological polar surface area (TPSA) is 498 Å². The second-order valence-electron chi connectivity index (χ2n) is 25.6. The third kappa shape index (κ3) is 22.8. The maximum atomic E-state index is 15.6. The number of carbonyl (C=O) groups excluding carboxylic acids is 8. The minimum absolute atomic E-state index is 0.0199. The van der Waals surface area contributed by atoms with Crippen LogP contribution >= 0.6 is 0 Å². The molecule has 0 radical (unpaired) electrons. The number of H-pyrrole nitrogens is 3. The Bertz CT molecular complexity index is 3720. The molecule has 0 fully saturated rings. The molecule has 0 spiro atoms. The Hall–Kier alpha value is -10.0. The third-order valence-corrected chi connectivity index (χ3v) is 17.6.